The minimum absolute atomic E-state index is 0.00419. The zero-order valence-corrected chi connectivity index (χ0v) is 20.7. The molecule has 2 aromatic rings. The highest BCUT2D eigenvalue weighted by atomic mass is 16.5. The quantitative estimate of drug-likeness (QED) is 0.377. The number of aromatic carboxylic acids is 1. The third-order valence-electron chi connectivity index (χ3n) is 8.42. The maximum absolute atomic E-state index is 14.1. The molecule has 4 aliphatic rings. The van der Waals surface area contributed by atoms with Crippen LogP contribution in [0.25, 0.3) is 0 Å². The molecule has 4 bridgehead atoms. The summed E-state index contributed by atoms with van der Waals surface area (Å²) in [6, 6.07) is 14.4. The molecule has 4 fully saturated rings. The van der Waals surface area contributed by atoms with Crippen LogP contribution in [0.15, 0.2) is 48.5 Å². The molecule has 0 aromatic heterocycles. The Morgan fingerprint density at radius 2 is 1.43 bits per heavy atom. The first kappa shape index (κ1) is 23.9. The van der Waals surface area contributed by atoms with E-state index in [2.05, 4.69) is 6.92 Å². The maximum Gasteiger partial charge on any atom is 0.335 e. The third kappa shape index (κ3) is 4.96. The van der Waals surface area contributed by atoms with Gasteiger partial charge >= 0.3 is 5.97 Å². The van der Waals surface area contributed by atoms with Gasteiger partial charge in [-0.25, -0.2) is 4.79 Å². The largest absolute Gasteiger partial charge is 0.494 e. The van der Waals surface area contributed by atoms with Crippen molar-refractivity contribution in [3.63, 3.8) is 0 Å². The van der Waals surface area contributed by atoms with Crippen LogP contribution in [-0.4, -0.2) is 29.1 Å². The van der Waals surface area contributed by atoms with Gasteiger partial charge in [-0.2, -0.15) is 0 Å². The maximum atomic E-state index is 14.1. The van der Waals surface area contributed by atoms with E-state index in [-0.39, 0.29) is 17.0 Å². The van der Waals surface area contributed by atoms with E-state index in [1.807, 2.05) is 41.3 Å². The summed E-state index contributed by atoms with van der Waals surface area (Å²) >= 11 is 0. The number of rotatable bonds is 10. The van der Waals surface area contributed by atoms with Gasteiger partial charge in [0.1, 0.15) is 5.75 Å². The first-order valence-electron chi connectivity index (χ1n) is 13.4. The number of carbonyl (C=O) groups is 2. The number of carboxylic acids is 1. The van der Waals surface area contributed by atoms with Gasteiger partial charge in [0.2, 0.25) is 0 Å². The number of nitrogens with zero attached hydrogens (tertiary/aromatic N) is 1. The summed E-state index contributed by atoms with van der Waals surface area (Å²) in [6.07, 6.45) is 11.7. The standard InChI is InChI=1S/C30H37NO4/c1-2-3-4-5-14-35-27-12-8-24(9-13-27)28(32)31(26-10-6-25(7-11-26)29(33)34)30-18-21-15-22(19-30)17-23(16-21)20-30/h6-13,21-23H,2-5,14-20H2,1H3,(H,33,34). The fraction of sp³-hybridized carbons (Fsp3) is 0.533. The number of hydrogen-bond donors (Lipinski definition) is 1. The molecule has 0 aliphatic heterocycles. The lowest BCUT2D eigenvalue weighted by Gasteiger charge is -2.60. The van der Waals surface area contributed by atoms with Crippen molar-refractivity contribution in [2.75, 3.05) is 11.5 Å². The molecule has 186 valence electrons. The minimum Gasteiger partial charge on any atom is -0.494 e. The number of amides is 1. The SMILES string of the molecule is CCCCCCOc1ccc(C(=O)N(c2ccc(C(=O)O)cc2)C23CC4CC(CC(C4)C2)C3)cc1. The summed E-state index contributed by atoms with van der Waals surface area (Å²) in [5.41, 5.74) is 1.53. The van der Waals surface area contributed by atoms with Gasteiger partial charge in [-0.05, 0) is 111 Å². The van der Waals surface area contributed by atoms with Crippen molar-refractivity contribution in [2.45, 2.75) is 76.7 Å². The molecule has 5 nitrogen and oxygen atoms in total. The molecule has 4 saturated carbocycles. The second kappa shape index (κ2) is 10.0. The highest BCUT2D eigenvalue weighted by molar-refractivity contribution is 6.07. The fourth-order valence-electron chi connectivity index (χ4n) is 7.24. The van der Waals surface area contributed by atoms with Crippen LogP contribution >= 0.6 is 0 Å². The second-order valence-corrected chi connectivity index (χ2v) is 11.1. The average Bonchev–Trinajstić information content (AvgIpc) is 2.84. The van der Waals surface area contributed by atoms with Crippen LogP contribution in [0.4, 0.5) is 5.69 Å². The molecule has 5 heteroatoms. The molecule has 0 radical (unpaired) electrons. The average molecular weight is 476 g/mol. The number of anilines is 1. The molecule has 0 spiro atoms. The van der Waals surface area contributed by atoms with Crippen molar-refractivity contribution >= 4 is 17.6 Å². The van der Waals surface area contributed by atoms with Gasteiger partial charge in [0.15, 0.2) is 0 Å². The number of carbonyl (C=O) groups excluding carboxylic acids is 1. The smallest absolute Gasteiger partial charge is 0.335 e. The van der Waals surface area contributed by atoms with E-state index in [9.17, 15) is 14.7 Å². The van der Waals surface area contributed by atoms with E-state index in [1.165, 1.54) is 38.5 Å². The van der Waals surface area contributed by atoms with Crippen LogP contribution in [0.1, 0.15) is 91.8 Å². The lowest BCUT2D eigenvalue weighted by molar-refractivity contribution is -0.00313. The first-order valence-corrected chi connectivity index (χ1v) is 13.4. The Kier molecular flexibility index (Phi) is 6.86. The third-order valence-corrected chi connectivity index (χ3v) is 8.42. The van der Waals surface area contributed by atoms with Gasteiger partial charge in [-0.1, -0.05) is 26.2 Å². The number of carboxylic acid groups (broad SMARTS) is 1. The Hall–Kier alpha value is -2.82. The van der Waals surface area contributed by atoms with Crippen molar-refractivity contribution in [1.82, 2.24) is 0 Å². The van der Waals surface area contributed by atoms with Crippen LogP contribution in [0.2, 0.25) is 0 Å². The molecule has 1 amide bonds. The Bertz CT molecular complexity index is 1010. The van der Waals surface area contributed by atoms with Crippen LogP contribution in [-0.2, 0) is 0 Å². The molecule has 4 aliphatic carbocycles. The highest BCUT2D eigenvalue weighted by Crippen LogP contribution is 2.58. The molecule has 35 heavy (non-hydrogen) atoms. The van der Waals surface area contributed by atoms with E-state index in [4.69, 9.17) is 4.74 Å². The Morgan fingerprint density at radius 3 is 1.97 bits per heavy atom. The number of benzene rings is 2. The molecule has 0 saturated heterocycles. The predicted octanol–water partition coefficient (Wildman–Crippen LogP) is 6.96. The molecule has 0 atom stereocenters. The summed E-state index contributed by atoms with van der Waals surface area (Å²) < 4.78 is 5.89. The lowest BCUT2D eigenvalue weighted by Crippen LogP contribution is -2.62. The van der Waals surface area contributed by atoms with Gasteiger partial charge in [-0.15, -0.1) is 0 Å². The molecule has 6 rings (SSSR count). The van der Waals surface area contributed by atoms with Crippen molar-refractivity contribution in [2.24, 2.45) is 17.8 Å². The lowest BCUT2D eigenvalue weighted by atomic mass is 9.52. The van der Waals surface area contributed by atoms with Crippen LogP contribution < -0.4 is 9.64 Å². The van der Waals surface area contributed by atoms with Gasteiger partial charge in [-0.3, -0.25) is 4.79 Å². The summed E-state index contributed by atoms with van der Waals surface area (Å²) in [5, 5.41) is 9.37. The van der Waals surface area contributed by atoms with E-state index in [0.717, 1.165) is 37.1 Å². The van der Waals surface area contributed by atoms with E-state index >= 15 is 0 Å². The molecule has 1 N–H and O–H groups in total. The van der Waals surface area contributed by atoms with Crippen molar-refractivity contribution in [3.05, 3.63) is 59.7 Å². The van der Waals surface area contributed by atoms with Crippen molar-refractivity contribution < 1.29 is 19.4 Å². The Labute approximate surface area is 208 Å². The zero-order chi connectivity index (χ0) is 24.4. The normalized spacial score (nSPS) is 26.5. The highest BCUT2D eigenvalue weighted by Gasteiger charge is 2.55. The first-order chi connectivity index (χ1) is 17.0. The molecule has 2 aromatic carbocycles. The monoisotopic (exact) mass is 475 g/mol. The second-order valence-electron chi connectivity index (χ2n) is 11.1. The van der Waals surface area contributed by atoms with Gasteiger partial charge in [0, 0.05) is 16.8 Å². The van der Waals surface area contributed by atoms with E-state index in [1.54, 1.807) is 12.1 Å². The van der Waals surface area contributed by atoms with Gasteiger partial charge in [0.05, 0.1) is 12.2 Å². The Morgan fingerprint density at radius 1 is 0.857 bits per heavy atom. The summed E-state index contributed by atoms with van der Waals surface area (Å²) in [7, 11) is 0. The van der Waals surface area contributed by atoms with E-state index in [0.29, 0.717) is 29.9 Å². The summed E-state index contributed by atoms with van der Waals surface area (Å²) in [4.78, 5) is 27.5. The Balaban J connectivity index is 1.40. The molecule has 0 unspecified atom stereocenters. The van der Waals surface area contributed by atoms with Crippen molar-refractivity contribution in [3.8, 4) is 5.75 Å². The van der Waals surface area contributed by atoms with E-state index < -0.39 is 5.97 Å². The fourth-order valence-corrected chi connectivity index (χ4v) is 7.24. The summed E-state index contributed by atoms with van der Waals surface area (Å²) in [6.45, 7) is 2.90. The van der Waals surface area contributed by atoms with Crippen LogP contribution in [0.3, 0.4) is 0 Å². The summed E-state index contributed by atoms with van der Waals surface area (Å²) in [5.74, 6) is 1.93. The van der Waals surface area contributed by atoms with Crippen molar-refractivity contribution in [1.29, 1.82) is 0 Å². The van der Waals surface area contributed by atoms with Gasteiger partial charge in [0.25, 0.3) is 5.91 Å². The van der Waals surface area contributed by atoms with Crippen LogP contribution in [0.5, 0.6) is 5.75 Å². The number of unbranched alkanes of at least 4 members (excludes halogenated alkanes) is 3. The minimum atomic E-state index is -0.950. The molecular formula is C30H37NO4. The van der Waals surface area contributed by atoms with Gasteiger partial charge < -0.3 is 14.7 Å². The number of hydrogen-bond acceptors (Lipinski definition) is 3. The number of ether oxygens (including phenoxy) is 1. The topological polar surface area (TPSA) is 66.8 Å². The molecule has 0 heterocycles. The predicted molar refractivity (Wildman–Crippen MR) is 137 cm³/mol. The zero-order valence-electron chi connectivity index (χ0n) is 20.7. The molecular weight excluding hydrogens is 438 g/mol. The van der Waals surface area contributed by atoms with Crippen LogP contribution in [0, 0.1) is 17.8 Å².